The minimum Gasteiger partial charge on any atom is -0.497 e. The van der Waals surface area contributed by atoms with Gasteiger partial charge in [0.2, 0.25) is 5.91 Å². The number of amides is 2. The van der Waals surface area contributed by atoms with E-state index in [4.69, 9.17) is 13.9 Å². The Balaban J connectivity index is 1.54. The van der Waals surface area contributed by atoms with Crippen molar-refractivity contribution in [3.63, 3.8) is 0 Å². The third-order valence-electron chi connectivity index (χ3n) is 3.82. The molecule has 0 saturated carbocycles. The van der Waals surface area contributed by atoms with Gasteiger partial charge in [-0.1, -0.05) is 6.07 Å². The highest BCUT2D eigenvalue weighted by molar-refractivity contribution is 7.13. The summed E-state index contributed by atoms with van der Waals surface area (Å²) in [6.45, 7) is 0.00238. The number of nitrogens with one attached hydrogen (secondary N) is 2. The van der Waals surface area contributed by atoms with Crippen LogP contribution in [0.5, 0.6) is 11.5 Å². The first-order chi connectivity index (χ1) is 14.0. The van der Waals surface area contributed by atoms with Crippen molar-refractivity contribution in [2.75, 3.05) is 14.2 Å². The Morgan fingerprint density at radius 2 is 1.90 bits per heavy atom. The summed E-state index contributed by atoms with van der Waals surface area (Å²) in [5.74, 6) is -0.630. The van der Waals surface area contributed by atoms with E-state index in [0.717, 1.165) is 4.68 Å². The SMILES string of the molecule is COc1cc(OC)cc(C(=O)NNC(=O)CCn2nc(-c3cccs3)oc2=O)c1. The van der Waals surface area contributed by atoms with Crippen LogP contribution in [0.25, 0.3) is 10.8 Å². The lowest BCUT2D eigenvalue weighted by molar-refractivity contribution is -0.122. The summed E-state index contributed by atoms with van der Waals surface area (Å²) >= 11 is 1.38. The number of rotatable bonds is 7. The first kappa shape index (κ1) is 20.1. The van der Waals surface area contributed by atoms with Crippen molar-refractivity contribution < 1.29 is 23.5 Å². The maximum absolute atomic E-state index is 12.2. The number of nitrogens with zero attached hydrogens (tertiary/aromatic N) is 2. The van der Waals surface area contributed by atoms with Crippen molar-refractivity contribution in [2.24, 2.45) is 0 Å². The number of hydrogen-bond donors (Lipinski definition) is 2. The fraction of sp³-hybridized carbons (Fsp3) is 0.222. The summed E-state index contributed by atoms with van der Waals surface area (Å²) in [6.07, 6.45) is -0.0853. The summed E-state index contributed by atoms with van der Waals surface area (Å²) in [4.78, 5) is 36.8. The second-order valence-electron chi connectivity index (χ2n) is 5.73. The molecule has 0 radical (unpaired) electrons. The summed E-state index contributed by atoms with van der Waals surface area (Å²) in [7, 11) is 2.93. The van der Waals surface area contributed by atoms with Gasteiger partial charge in [0.25, 0.3) is 11.8 Å². The van der Waals surface area contributed by atoms with Crippen molar-refractivity contribution in [3.8, 4) is 22.3 Å². The largest absolute Gasteiger partial charge is 0.497 e. The number of methoxy groups -OCH3 is 2. The van der Waals surface area contributed by atoms with Crippen LogP contribution in [0.15, 0.2) is 44.9 Å². The molecule has 29 heavy (non-hydrogen) atoms. The zero-order valence-corrected chi connectivity index (χ0v) is 16.4. The second-order valence-corrected chi connectivity index (χ2v) is 6.67. The quantitative estimate of drug-likeness (QED) is 0.556. The number of carbonyl (C=O) groups excluding carboxylic acids is 2. The van der Waals surface area contributed by atoms with Crippen LogP contribution in [0.4, 0.5) is 0 Å². The average Bonchev–Trinajstić information content (AvgIpc) is 3.39. The van der Waals surface area contributed by atoms with Crippen molar-refractivity contribution in [2.45, 2.75) is 13.0 Å². The van der Waals surface area contributed by atoms with Gasteiger partial charge in [-0.3, -0.25) is 20.4 Å². The van der Waals surface area contributed by atoms with Crippen molar-refractivity contribution in [3.05, 3.63) is 51.8 Å². The van der Waals surface area contributed by atoms with Gasteiger partial charge < -0.3 is 13.9 Å². The number of aromatic nitrogens is 2. The van der Waals surface area contributed by atoms with Crippen LogP contribution < -0.4 is 26.1 Å². The third-order valence-corrected chi connectivity index (χ3v) is 4.68. The Morgan fingerprint density at radius 3 is 2.52 bits per heavy atom. The zero-order chi connectivity index (χ0) is 20.8. The molecule has 152 valence electrons. The van der Waals surface area contributed by atoms with Gasteiger partial charge in [-0.05, 0) is 23.6 Å². The van der Waals surface area contributed by atoms with Crippen molar-refractivity contribution in [1.29, 1.82) is 0 Å². The van der Waals surface area contributed by atoms with Gasteiger partial charge in [-0.15, -0.1) is 16.4 Å². The lowest BCUT2D eigenvalue weighted by Gasteiger charge is -2.10. The molecule has 2 aromatic heterocycles. The van der Waals surface area contributed by atoms with E-state index < -0.39 is 17.6 Å². The molecule has 2 amide bonds. The lowest BCUT2D eigenvalue weighted by atomic mass is 10.2. The van der Waals surface area contributed by atoms with Gasteiger partial charge >= 0.3 is 5.76 Å². The van der Waals surface area contributed by atoms with E-state index in [2.05, 4.69) is 16.0 Å². The maximum atomic E-state index is 12.2. The Hall–Kier alpha value is -3.60. The van der Waals surface area contributed by atoms with Crippen LogP contribution in [0.1, 0.15) is 16.8 Å². The average molecular weight is 418 g/mol. The minimum atomic E-state index is -0.659. The van der Waals surface area contributed by atoms with Gasteiger partial charge in [-0.25, -0.2) is 4.79 Å². The molecule has 11 heteroatoms. The molecule has 1 aromatic carbocycles. The van der Waals surface area contributed by atoms with E-state index in [9.17, 15) is 14.4 Å². The maximum Gasteiger partial charge on any atom is 0.437 e. The first-order valence-corrected chi connectivity index (χ1v) is 9.32. The highest BCUT2D eigenvalue weighted by Gasteiger charge is 2.14. The number of hydrazine groups is 1. The van der Waals surface area contributed by atoms with Crippen LogP contribution in [0.2, 0.25) is 0 Å². The molecule has 2 N–H and O–H groups in total. The molecule has 3 aromatic rings. The van der Waals surface area contributed by atoms with Crippen LogP contribution in [0.3, 0.4) is 0 Å². The molecule has 3 rings (SSSR count). The molecule has 0 bridgehead atoms. The molecule has 10 nitrogen and oxygen atoms in total. The molecule has 2 heterocycles. The normalized spacial score (nSPS) is 10.4. The van der Waals surface area contributed by atoms with E-state index in [1.165, 1.54) is 37.7 Å². The molecular weight excluding hydrogens is 400 g/mol. The van der Waals surface area contributed by atoms with Gasteiger partial charge in [-0.2, -0.15) is 4.68 Å². The first-order valence-electron chi connectivity index (χ1n) is 8.44. The zero-order valence-electron chi connectivity index (χ0n) is 15.6. The van der Waals surface area contributed by atoms with E-state index in [0.29, 0.717) is 16.4 Å². The number of ether oxygens (including phenoxy) is 2. The fourth-order valence-corrected chi connectivity index (χ4v) is 3.00. The van der Waals surface area contributed by atoms with Gasteiger partial charge in [0.05, 0.1) is 25.6 Å². The van der Waals surface area contributed by atoms with Gasteiger partial charge in [0.1, 0.15) is 11.5 Å². The molecule has 0 atom stereocenters. The highest BCUT2D eigenvalue weighted by atomic mass is 32.1. The van der Waals surface area contributed by atoms with E-state index >= 15 is 0 Å². The molecule has 0 unspecified atom stereocenters. The standard InChI is InChI=1S/C18H18N4O6S/c1-26-12-8-11(9-13(10-12)27-2)16(24)20-19-15(23)5-6-22-18(25)28-17(21-22)14-4-3-7-29-14/h3-4,7-10H,5-6H2,1-2H3,(H,19,23)(H,20,24). The van der Waals surface area contributed by atoms with Crippen molar-refractivity contribution in [1.82, 2.24) is 20.6 Å². The third kappa shape index (κ3) is 5.02. The Bertz CT molecular complexity index is 1030. The summed E-state index contributed by atoms with van der Waals surface area (Å²) in [5.41, 5.74) is 4.83. The van der Waals surface area contributed by atoms with Crippen LogP contribution in [-0.2, 0) is 11.3 Å². The Labute approximate surface area is 169 Å². The predicted molar refractivity (Wildman–Crippen MR) is 104 cm³/mol. The summed E-state index contributed by atoms with van der Waals surface area (Å²) in [6, 6.07) is 8.22. The second kappa shape index (κ2) is 9.06. The molecule has 0 spiro atoms. The molecular formula is C18H18N4O6S. The number of benzene rings is 1. The fourth-order valence-electron chi connectivity index (χ4n) is 2.35. The molecule has 0 aliphatic carbocycles. The number of thiophene rings is 1. The summed E-state index contributed by atoms with van der Waals surface area (Å²) < 4.78 is 16.3. The van der Waals surface area contributed by atoms with Crippen LogP contribution in [-0.4, -0.2) is 35.8 Å². The number of aryl methyl sites for hydroxylation is 1. The van der Waals surface area contributed by atoms with Gasteiger partial charge in [0.15, 0.2) is 0 Å². The number of carbonyl (C=O) groups is 2. The van der Waals surface area contributed by atoms with E-state index in [1.807, 2.05) is 11.4 Å². The Morgan fingerprint density at radius 1 is 1.17 bits per heavy atom. The van der Waals surface area contributed by atoms with Crippen molar-refractivity contribution >= 4 is 23.2 Å². The molecule has 0 aliphatic rings. The number of hydrogen-bond acceptors (Lipinski definition) is 8. The van der Waals surface area contributed by atoms with Crippen LogP contribution in [0, 0.1) is 0 Å². The Kier molecular flexibility index (Phi) is 6.29. The molecule has 0 aliphatic heterocycles. The summed E-state index contributed by atoms with van der Waals surface area (Å²) in [5, 5.41) is 5.89. The topological polar surface area (TPSA) is 125 Å². The monoisotopic (exact) mass is 418 g/mol. The van der Waals surface area contributed by atoms with Gasteiger partial charge in [0, 0.05) is 18.1 Å². The molecule has 0 saturated heterocycles. The lowest BCUT2D eigenvalue weighted by Crippen LogP contribution is -2.42. The van der Waals surface area contributed by atoms with E-state index in [1.54, 1.807) is 12.1 Å². The smallest absolute Gasteiger partial charge is 0.437 e. The predicted octanol–water partition coefficient (Wildman–Crippen LogP) is 1.43. The van der Waals surface area contributed by atoms with E-state index in [-0.39, 0.29) is 24.4 Å². The minimum absolute atomic E-state index is 0.00238. The molecule has 0 fully saturated rings. The highest BCUT2D eigenvalue weighted by Crippen LogP contribution is 2.22. The van der Waals surface area contributed by atoms with Crippen LogP contribution >= 0.6 is 11.3 Å².